The molecule has 0 spiro atoms. The number of ether oxygens (including phenoxy) is 1. The van der Waals surface area contributed by atoms with Crippen LogP contribution in [0.1, 0.15) is 10.4 Å². The van der Waals surface area contributed by atoms with E-state index in [0.717, 1.165) is 5.69 Å². The van der Waals surface area contributed by atoms with Gasteiger partial charge in [0.15, 0.2) is 0 Å². The highest BCUT2D eigenvalue weighted by Gasteiger charge is 2.06. The van der Waals surface area contributed by atoms with Crippen molar-refractivity contribution < 1.29 is 9.53 Å². The Hall–Kier alpha value is -1.59. The van der Waals surface area contributed by atoms with E-state index in [1.165, 1.54) is 0 Å². The molecule has 0 atom stereocenters. The summed E-state index contributed by atoms with van der Waals surface area (Å²) in [6.07, 6.45) is 0. The summed E-state index contributed by atoms with van der Waals surface area (Å²) < 4.78 is 5.08. The van der Waals surface area contributed by atoms with Crippen molar-refractivity contribution in [2.45, 2.75) is 0 Å². The minimum absolute atomic E-state index is 0.314. The molecule has 0 radical (unpaired) electrons. The van der Waals surface area contributed by atoms with Crippen LogP contribution in [0.25, 0.3) is 0 Å². The second kappa shape index (κ2) is 6.09. The summed E-state index contributed by atoms with van der Waals surface area (Å²) in [6.45, 7) is 1.11. The Morgan fingerprint density at radius 2 is 2.00 bits per heavy atom. The fourth-order valence-electron chi connectivity index (χ4n) is 1.11. The number of hydrogen-bond acceptors (Lipinski definition) is 5. The largest absolute Gasteiger partial charge is 0.461 e. The summed E-state index contributed by atoms with van der Waals surface area (Å²) in [4.78, 5) is 13.5. The number of likely N-dealkylation sites (N-methyl/N-ethyl adjacent to an activating group) is 1. The molecule has 0 unspecified atom stereocenters. The normalized spacial score (nSPS) is 10.2. The lowest BCUT2D eigenvalue weighted by Gasteiger charge is -2.10. The zero-order valence-corrected chi connectivity index (χ0v) is 9.56. The van der Waals surface area contributed by atoms with Crippen LogP contribution in [-0.2, 0) is 4.74 Å². The SMILES string of the molecule is CN(C)CCOC(=O)c1ccc(NN)cc1. The zero-order chi connectivity index (χ0) is 12.0. The smallest absolute Gasteiger partial charge is 0.338 e. The van der Waals surface area contributed by atoms with Crippen LogP contribution >= 0.6 is 0 Å². The summed E-state index contributed by atoms with van der Waals surface area (Å²) in [5.41, 5.74) is 3.77. The quantitative estimate of drug-likeness (QED) is 0.437. The molecule has 0 fully saturated rings. The molecule has 5 nitrogen and oxygen atoms in total. The van der Waals surface area contributed by atoms with Crippen LogP contribution in [0.2, 0.25) is 0 Å². The van der Waals surface area contributed by atoms with E-state index in [2.05, 4.69) is 5.43 Å². The number of esters is 1. The molecule has 3 N–H and O–H groups in total. The van der Waals surface area contributed by atoms with E-state index in [-0.39, 0.29) is 5.97 Å². The van der Waals surface area contributed by atoms with Crippen molar-refractivity contribution in [3.63, 3.8) is 0 Å². The average molecular weight is 223 g/mol. The van der Waals surface area contributed by atoms with Gasteiger partial charge in [0.2, 0.25) is 0 Å². The number of nitrogens with zero attached hydrogens (tertiary/aromatic N) is 1. The van der Waals surface area contributed by atoms with Gasteiger partial charge >= 0.3 is 5.97 Å². The highest BCUT2D eigenvalue weighted by atomic mass is 16.5. The molecule has 0 amide bonds. The van der Waals surface area contributed by atoms with Gasteiger partial charge in [-0.05, 0) is 38.4 Å². The Kier molecular flexibility index (Phi) is 4.75. The summed E-state index contributed by atoms with van der Waals surface area (Å²) >= 11 is 0. The molecule has 0 heterocycles. The lowest BCUT2D eigenvalue weighted by atomic mass is 10.2. The van der Waals surface area contributed by atoms with E-state index in [1.54, 1.807) is 24.3 Å². The van der Waals surface area contributed by atoms with Gasteiger partial charge in [0.05, 0.1) is 5.56 Å². The number of nitrogen functional groups attached to an aromatic ring is 1. The van der Waals surface area contributed by atoms with Gasteiger partial charge < -0.3 is 15.1 Å². The minimum Gasteiger partial charge on any atom is -0.461 e. The van der Waals surface area contributed by atoms with E-state index in [4.69, 9.17) is 10.6 Å². The maximum atomic E-state index is 11.5. The third-order valence-corrected chi connectivity index (χ3v) is 2.06. The first-order chi connectivity index (χ1) is 7.63. The molecule has 1 rings (SSSR count). The number of anilines is 1. The van der Waals surface area contributed by atoms with Crippen LogP contribution in [0.5, 0.6) is 0 Å². The standard InChI is InChI=1S/C11H17N3O2/c1-14(2)7-8-16-11(15)9-3-5-10(13-12)6-4-9/h3-6,13H,7-8,12H2,1-2H3. The lowest BCUT2D eigenvalue weighted by molar-refractivity contribution is 0.0482. The molecule has 0 aliphatic rings. The minimum atomic E-state index is -0.314. The zero-order valence-electron chi connectivity index (χ0n) is 9.56. The van der Waals surface area contributed by atoms with Crippen molar-refractivity contribution in [3.8, 4) is 0 Å². The monoisotopic (exact) mass is 223 g/mol. The molecule has 0 saturated carbocycles. The topological polar surface area (TPSA) is 67.6 Å². The summed E-state index contributed by atoms with van der Waals surface area (Å²) in [7, 11) is 3.85. The molecule has 88 valence electrons. The van der Waals surface area contributed by atoms with E-state index >= 15 is 0 Å². The highest BCUT2D eigenvalue weighted by molar-refractivity contribution is 5.89. The predicted molar refractivity (Wildman–Crippen MR) is 63.1 cm³/mol. The van der Waals surface area contributed by atoms with Gasteiger partial charge in [0, 0.05) is 12.2 Å². The molecule has 1 aromatic carbocycles. The maximum absolute atomic E-state index is 11.5. The van der Waals surface area contributed by atoms with Crippen LogP contribution < -0.4 is 11.3 Å². The first-order valence-electron chi connectivity index (χ1n) is 5.02. The van der Waals surface area contributed by atoms with Gasteiger partial charge in [-0.2, -0.15) is 0 Å². The molecule has 1 aromatic rings. The summed E-state index contributed by atoms with van der Waals surface area (Å²) in [5.74, 6) is 4.90. The summed E-state index contributed by atoms with van der Waals surface area (Å²) in [5, 5.41) is 0. The van der Waals surface area contributed by atoms with Crippen molar-refractivity contribution in [3.05, 3.63) is 29.8 Å². The molecule has 0 aromatic heterocycles. The number of carbonyl (C=O) groups excluding carboxylic acids is 1. The molecule has 0 saturated heterocycles. The van der Waals surface area contributed by atoms with E-state index in [0.29, 0.717) is 18.7 Å². The Morgan fingerprint density at radius 3 is 2.50 bits per heavy atom. The maximum Gasteiger partial charge on any atom is 0.338 e. The van der Waals surface area contributed by atoms with Crippen LogP contribution in [0, 0.1) is 0 Å². The van der Waals surface area contributed by atoms with Crippen LogP contribution in [0.15, 0.2) is 24.3 Å². The van der Waals surface area contributed by atoms with Gasteiger partial charge in [-0.1, -0.05) is 0 Å². The molecule has 0 aliphatic heterocycles. The van der Waals surface area contributed by atoms with Gasteiger partial charge in [-0.3, -0.25) is 5.84 Å². The lowest BCUT2D eigenvalue weighted by Crippen LogP contribution is -2.20. The number of nitrogens with two attached hydrogens (primary N) is 1. The molecular formula is C11H17N3O2. The molecule has 5 heteroatoms. The number of benzene rings is 1. The number of carbonyl (C=O) groups is 1. The molecular weight excluding hydrogens is 206 g/mol. The first-order valence-corrected chi connectivity index (χ1v) is 5.02. The van der Waals surface area contributed by atoms with Gasteiger partial charge in [-0.15, -0.1) is 0 Å². The molecule has 16 heavy (non-hydrogen) atoms. The third kappa shape index (κ3) is 3.88. The number of hydrazine groups is 1. The fraction of sp³-hybridized carbons (Fsp3) is 0.364. The van der Waals surface area contributed by atoms with Gasteiger partial charge in [0.25, 0.3) is 0 Å². The van der Waals surface area contributed by atoms with Gasteiger partial charge in [0.1, 0.15) is 6.61 Å². The van der Waals surface area contributed by atoms with Crippen LogP contribution in [-0.4, -0.2) is 38.1 Å². The summed E-state index contributed by atoms with van der Waals surface area (Å²) in [6, 6.07) is 6.80. The van der Waals surface area contributed by atoms with E-state index in [1.807, 2.05) is 19.0 Å². The first kappa shape index (κ1) is 12.5. The Labute approximate surface area is 95.2 Å². The Balaban J connectivity index is 2.46. The second-order valence-corrected chi connectivity index (χ2v) is 3.66. The third-order valence-electron chi connectivity index (χ3n) is 2.06. The number of nitrogens with one attached hydrogen (secondary N) is 1. The molecule has 0 bridgehead atoms. The average Bonchev–Trinajstić information content (AvgIpc) is 2.28. The van der Waals surface area contributed by atoms with Crippen molar-refractivity contribution in [2.24, 2.45) is 5.84 Å². The fourth-order valence-corrected chi connectivity index (χ4v) is 1.11. The predicted octanol–water partition coefficient (Wildman–Crippen LogP) is 0.691. The Bertz CT molecular complexity index is 336. The van der Waals surface area contributed by atoms with E-state index < -0.39 is 0 Å². The second-order valence-electron chi connectivity index (χ2n) is 3.66. The number of rotatable bonds is 5. The van der Waals surface area contributed by atoms with Gasteiger partial charge in [-0.25, -0.2) is 4.79 Å². The van der Waals surface area contributed by atoms with Crippen LogP contribution in [0.4, 0.5) is 5.69 Å². The Morgan fingerprint density at radius 1 is 1.38 bits per heavy atom. The van der Waals surface area contributed by atoms with Crippen molar-refractivity contribution in [1.82, 2.24) is 4.90 Å². The molecule has 0 aliphatic carbocycles. The highest BCUT2D eigenvalue weighted by Crippen LogP contribution is 2.08. The van der Waals surface area contributed by atoms with Crippen molar-refractivity contribution in [2.75, 3.05) is 32.7 Å². The van der Waals surface area contributed by atoms with Crippen LogP contribution in [0.3, 0.4) is 0 Å². The van der Waals surface area contributed by atoms with Crippen molar-refractivity contribution >= 4 is 11.7 Å². The number of hydrogen-bond donors (Lipinski definition) is 2. The van der Waals surface area contributed by atoms with E-state index in [9.17, 15) is 4.79 Å². The van der Waals surface area contributed by atoms with Crippen molar-refractivity contribution in [1.29, 1.82) is 0 Å².